The first-order chi connectivity index (χ1) is 29.9. The molecule has 15 heteroatoms. The zero-order chi connectivity index (χ0) is 45.4. The van der Waals surface area contributed by atoms with Crippen molar-refractivity contribution in [2.45, 2.75) is 223 Å². The van der Waals surface area contributed by atoms with Crippen LogP contribution in [-0.4, -0.2) is 111 Å². The first-order valence-corrected chi connectivity index (χ1v) is 25.1. The maximum Gasteiger partial charge on any atom is 0.472 e. The highest BCUT2D eigenvalue weighted by Crippen LogP contribution is 2.47. The number of hydrogen-bond acceptors (Lipinski definition) is 13. The summed E-state index contributed by atoms with van der Waals surface area (Å²) in [7, 11) is -5.14. The zero-order valence-corrected chi connectivity index (χ0v) is 38.5. The highest BCUT2D eigenvalue weighted by Gasteiger charge is 2.51. The molecule has 62 heavy (non-hydrogen) atoms. The van der Waals surface area contributed by atoms with Gasteiger partial charge >= 0.3 is 19.8 Å². The topological polar surface area (TPSA) is 222 Å². The van der Waals surface area contributed by atoms with Gasteiger partial charge in [0, 0.05) is 12.8 Å². The lowest BCUT2D eigenvalue weighted by molar-refractivity contribution is -0.220. The molecule has 1 saturated heterocycles. The highest BCUT2D eigenvalue weighted by molar-refractivity contribution is 7.47. The minimum absolute atomic E-state index is 0.0711. The lowest BCUT2D eigenvalue weighted by Crippen LogP contribution is -2.64. The number of epoxide rings is 1. The van der Waals surface area contributed by atoms with Crippen LogP contribution in [-0.2, 0) is 37.4 Å². The molecule has 2 rings (SSSR count). The quantitative estimate of drug-likeness (QED) is 0.0114. The monoisotopic (exact) mass is 901 g/mol. The van der Waals surface area contributed by atoms with Crippen molar-refractivity contribution in [3.05, 3.63) is 48.6 Å². The maximum absolute atomic E-state index is 12.8. The summed E-state index contributed by atoms with van der Waals surface area (Å²) in [5.74, 6) is -1.18. The molecule has 0 aromatic rings. The Morgan fingerprint density at radius 1 is 0.565 bits per heavy atom. The SMILES string of the molecule is CCCCC/C=C\CC1OC1C/C=C\C/C=C\CCCC(=O)OC[C@H](COP(=O)(O)OC1[C@H](O)[C@H](O)C(O)[C@H](O)[C@H]1O)OC(=O)CCCCCCC/C=C\CCCCCCCC. The van der Waals surface area contributed by atoms with Crippen molar-refractivity contribution in [2.75, 3.05) is 13.2 Å². The van der Waals surface area contributed by atoms with Gasteiger partial charge in [-0.1, -0.05) is 127 Å². The van der Waals surface area contributed by atoms with Crippen LogP contribution in [0, 0.1) is 0 Å². The number of phosphoric ester groups is 1. The van der Waals surface area contributed by atoms with Gasteiger partial charge in [-0.25, -0.2) is 4.57 Å². The molecule has 14 nitrogen and oxygen atoms in total. The Hall–Kier alpha value is -2.23. The molecule has 2 aliphatic rings. The predicted molar refractivity (Wildman–Crippen MR) is 239 cm³/mol. The summed E-state index contributed by atoms with van der Waals surface area (Å²) < 4.78 is 39.2. The van der Waals surface area contributed by atoms with E-state index in [0.717, 1.165) is 64.2 Å². The van der Waals surface area contributed by atoms with Gasteiger partial charge in [0.15, 0.2) is 6.10 Å². The van der Waals surface area contributed by atoms with Crippen LogP contribution < -0.4 is 0 Å². The normalized spacial score (nSPS) is 25.5. The molecule has 1 saturated carbocycles. The van der Waals surface area contributed by atoms with E-state index in [9.17, 15) is 44.6 Å². The Morgan fingerprint density at radius 3 is 1.65 bits per heavy atom. The summed E-state index contributed by atoms with van der Waals surface area (Å²) in [5, 5.41) is 50.2. The Bertz CT molecular complexity index is 1340. The number of allylic oxidation sites excluding steroid dienone is 6. The molecule has 0 bridgehead atoms. The van der Waals surface area contributed by atoms with E-state index in [4.69, 9.17) is 23.3 Å². The van der Waals surface area contributed by atoms with Crippen LogP contribution in [0.25, 0.3) is 0 Å². The number of esters is 2. The van der Waals surface area contributed by atoms with Crippen molar-refractivity contribution >= 4 is 19.8 Å². The summed E-state index contributed by atoms with van der Waals surface area (Å²) in [6, 6.07) is 0. The van der Waals surface area contributed by atoms with Crippen LogP contribution >= 0.6 is 7.82 Å². The van der Waals surface area contributed by atoms with Crippen LogP contribution in [0.1, 0.15) is 168 Å². The van der Waals surface area contributed by atoms with E-state index < -0.39 is 75.7 Å². The smallest absolute Gasteiger partial charge is 0.462 e. The fraction of sp³-hybridized carbons (Fsp3) is 0.787. The fourth-order valence-electron chi connectivity index (χ4n) is 7.08. The molecule has 10 atom stereocenters. The number of ether oxygens (including phenoxy) is 3. The van der Waals surface area contributed by atoms with Crippen molar-refractivity contribution in [2.24, 2.45) is 0 Å². The third-order valence-corrected chi connectivity index (χ3v) is 12.0. The Labute approximate surface area is 371 Å². The van der Waals surface area contributed by atoms with Gasteiger partial charge < -0.3 is 44.6 Å². The van der Waals surface area contributed by atoms with E-state index in [2.05, 4.69) is 50.3 Å². The number of aliphatic hydroxyl groups excluding tert-OH is 5. The molecule has 0 aromatic carbocycles. The largest absolute Gasteiger partial charge is 0.472 e. The molecule has 358 valence electrons. The molecule has 1 heterocycles. The van der Waals surface area contributed by atoms with Crippen molar-refractivity contribution in [1.82, 2.24) is 0 Å². The highest BCUT2D eigenvalue weighted by atomic mass is 31.2. The van der Waals surface area contributed by atoms with Crippen LogP contribution in [0.5, 0.6) is 0 Å². The molecule has 0 amide bonds. The second-order valence-electron chi connectivity index (χ2n) is 16.6. The van der Waals surface area contributed by atoms with E-state index in [-0.39, 0.29) is 12.8 Å². The second-order valence-corrected chi connectivity index (χ2v) is 18.0. The molecule has 0 aromatic heterocycles. The number of hydrogen-bond donors (Lipinski definition) is 6. The van der Waals surface area contributed by atoms with Crippen LogP contribution in [0.3, 0.4) is 0 Å². The van der Waals surface area contributed by atoms with E-state index >= 15 is 0 Å². The van der Waals surface area contributed by atoms with E-state index in [1.54, 1.807) is 0 Å². The van der Waals surface area contributed by atoms with Gasteiger partial charge in [-0.3, -0.25) is 18.6 Å². The predicted octanol–water partition coefficient (Wildman–Crippen LogP) is 8.16. The zero-order valence-electron chi connectivity index (χ0n) is 37.6. The van der Waals surface area contributed by atoms with Gasteiger partial charge in [-0.05, 0) is 77.0 Å². The van der Waals surface area contributed by atoms with Gasteiger partial charge in [-0.15, -0.1) is 0 Å². The Balaban J connectivity index is 1.73. The number of unbranched alkanes of at least 4 members (excludes halogenated alkanes) is 15. The van der Waals surface area contributed by atoms with Gasteiger partial charge in [0.1, 0.15) is 43.2 Å². The van der Waals surface area contributed by atoms with Crippen LogP contribution in [0.2, 0.25) is 0 Å². The van der Waals surface area contributed by atoms with Gasteiger partial charge in [0.05, 0.1) is 18.8 Å². The lowest BCUT2D eigenvalue weighted by atomic mass is 9.85. The number of rotatable bonds is 37. The van der Waals surface area contributed by atoms with Crippen LogP contribution in [0.15, 0.2) is 48.6 Å². The van der Waals surface area contributed by atoms with Crippen molar-refractivity contribution in [3.63, 3.8) is 0 Å². The first kappa shape index (κ1) is 55.9. The molecule has 0 spiro atoms. The first-order valence-electron chi connectivity index (χ1n) is 23.6. The van der Waals surface area contributed by atoms with E-state index in [1.165, 1.54) is 57.8 Å². The average Bonchev–Trinajstić information content (AvgIpc) is 4.01. The summed E-state index contributed by atoms with van der Waals surface area (Å²) >= 11 is 0. The summed E-state index contributed by atoms with van der Waals surface area (Å²) in [6.07, 6.45) is 27.7. The van der Waals surface area contributed by atoms with Crippen molar-refractivity contribution in [1.29, 1.82) is 0 Å². The lowest BCUT2D eigenvalue weighted by Gasteiger charge is -2.41. The summed E-state index contributed by atoms with van der Waals surface area (Å²) in [4.78, 5) is 35.7. The Kier molecular flexibility index (Phi) is 30.8. The molecule has 5 unspecified atom stereocenters. The number of carbonyl (C=O) groups excluding carboxylic acids is 2. The molecular formula is C47H81O14P. The number of phosphoric acid groups is 1. The number of aliphatic hydroxyl groups is 5. The average molecular weight is 901 g/mol. The van der Waals surface area contributed by atoms with E-state index in [0.29, 0.717) is 31.5 Å². The van der Waals surface area contributed by atoms with Crippen molar-refractivity contribution in [3.8, 4) is 0 Å². The standard InChI is InChI=1S/C47H81O14P/c1-3-5-7-9-11-12-13-14-15-16-17-18-21-26-30-34-41(49)59-37(36-58-62(55,56)61-47-45(53)43(51)42(50)44(52)46(47)54)35-57-40(48)33-29-25-22-19-20-24-28-32-39-38(60-39)31-27-23-10-8-6-4-2/h14-15,19,22-24,27-28,37-39,42-47,50-54H,3-13,16-18,20-21,25-26,29-36H2,1-2H3,(H,55,56)/b15-14-,22-19-,27-23-,28-24-/t37-,38?,39?,42?,43-,44+,45-,46-,47?/m1/s1. The molecular weight excluding hydrogens is 819 g/mol. The third kappa shape index (κ3) is 25.9. The molecule has 2 fully saturated rings. The number of carbonyl (C=O) groups is 2. The van der Waals surface area contributed by atoms with Gasteiger partial charge in [0.2, 0.25) is 0 Å². The van der Waals surface area contributed by atoms with E-state index in [1.807, 2.05) is 12.2 Å². The third-order valence-electron chi connectivity index (χ3n) is 11.0. The summed E-state index contributed by atoms with van der Waals surface area (Å²) in [6.45, 7) is 3.20. The van der Waals surface area contributed by atoms with Gasteiger partial charge in [0.25, 0.3) is 0 Å². The van der Waals surface area contributed by atoms with Gasteiger partial charge in [-0.2, -0.15) is 0 Å². The molecule has 1 aliphatic heterocycles. The minimum Gasteiger partial charge on any atom is -0.462 e. The van der Waals surface area contributed by atoms with Crippen molar-refractivity contribution < 1.29 is 67.8 Å². The molecule has 1 aliphatic carbocycles. The molecule has 6 N–H and O–H groups in total. The minimum atomic E-state index is -5.14. The summed E-state index contributed by atoms with van der Waals surface area (Å²) in [5.41, 5.74) is 0. The second kappa shape index (κ2) is 34.2. The molecule has 0 radical (unpaired) electrons. The Morgan fingerprint density at radius 2 is 1.02 bits per heavy atom. The maximum atomic E-state index is 12.8. The fourth-order valence-corrected chi connectivity index (χ4v) is 8.05. The van der Waals surface area contributed by atoms with Crippen LogP contribution in [0.4, 0.5) is 0 Å².